The number of esters is 1. The number of aliphatic hydroxyl groups excluding tert-OH is 1. The van der Waals surface area contributed by atoms with Gasteiger partial charge in [-0.1, -0.05) is 13.3 Å². The molecule has 0 aliphatic heterocycles. The number of hydrogen-bond donors (Lipinski definition) is 1. The molecule has 0 heterocycles. The third-order valence-electron chi connectivity index (χ3n) is 1.55. The molecular weight excluding hydrogens is 156 g/mol. The summed E-state index contributed by atoms with van der Waals surface area (Å²) in [4.78, 5) is 10.9. The molecule has 0 unspecified atom stereocenters. The smallest absolute Gasteiger partial charge is 0.305 e. The van der Waals surface area contributed by atoms with Gasteiger partial charge >= 0.3 is 5.97 Å². The van der Waals surface area contributed by atoms with E-state index in [1.165, 1.54) is 0 Å². The van der Waals surface area contributed by atoms with Gasteiger partial charge in [0.1, 0.15) is 0 Å². The normalized spacial score (nSPS) is 9.83. The van der Waals surface area contributed by atoms with Gasteiger partial charge in [-0.25, -0.2) is 0 Å². The second kappa shape index (κ2) is 8.53. The Hall–Kier alpha value is -0.570. The lowest BCUT2D eigenvalue weighted by molar-refractivity contribution is -0.143. The fourth-order valence-corrected chi connectivity index (χ4v) is 0.793. The van der Waals surface area contributed by atoms with Crippen LogP contribution in [0.4, 0.5) is 0 Å². The fourth-order valence-electron chi connectivity index (χ4n) is 0.793. The van der Waals surface area contributed by atoms with Gasteiger partial charge in [-0.05, 0) is 19.3 Å². The Morgan fingerprint density at radius 2 is 2.08 bits per heavy atom. The van der Waals surface area contributed by atoms with E-state index < -0.39 is 0 Å². The van der Waals surface area contributed by atoms with Gasteiger partial charge < -0.3 is 9.84 Å². The van der Waals surface area contributed by atoms with Crippen LogP contribution in [0.2, 0.25) is 0 Å². The zero-order valence-corrected chi connectivity index (χ0v) is 7.71. The van der Waals surface area contributed by atoms with Crippen molar-refractivity contribution in [2.45, 2.75) is 39.0 Å². The molecule has 0 aliphatic carbocycles. The first-order chi connectivity index (χ1) is 5.81. The van der Waals surface area contributed by atoms with Crippen LogP contribution in [0.5, 0.6) is 0 Å². The maximum Gasteiger partial charge on any atom is 0.305 e. The van der Waals surface area contributed by atoms with E-state index in [1.54, 1.807) is 0 Å². The average molecular weight is 174 g/mol. The molecule has 0 aliphatic rings. The molecule has 0 spiro atoms. The van der Waals surface area contributed by atoms with Crippen LogP contribution in [0.25, 0.3) is 0 Å². The van der Waals surface area contributed by atoms with Gasteiger partial charge in [-0.3, -0.25) is 4.79 Å². The van der Waals surface area contributed by atoms with Crippen LogP contribution >= 0.6 is 0 Å². The fraction of sp³-hybridized carbons (Fsp3) is 0.889. The number of unbranched alkanes of at least 4 members (excludes halogenated alkanes) is 2. The first-order valence-electron chi connectivity index (χ1n) is 4.57. The van der Waals surface area contributed by atoms with Crippen LogP contribution in [0, 0.1) is 0 Å². The van der Waals surface area contributed by atoms with Gasteiger partial charge in [0.2, 0.25) is 0 Å². The van der Waals surface area contributed by atoms with Gasteiger partial charge in [-0.15, -0.1) is 0 Å². The predicted octanol–water partition coefficient (Wildman–Crippen LogP) is 1.49. The molecule has 0 aromatic carbocycles. The molecule has 3 nitrogen and oxygen atoms in total. The maximum absolute atomic E-state index is 10.9. The number of rotatable bonds is 7. The minimum atomic E-state index is -0.116. The first-order valence-corrected chi connectivity index (χ1v) is 4.57. The molecule has 0 aromatic rings. The Labute approximate surface area is 73.7 Å². The van der Waals surface area contributed by atoms with E-state index in [1.807, 2.05) is 6.92 Å². The number of hydrogen-bond acceptors (Lipinski definition) is 3. The minimum absolute atomic E-state index is 0.116. The van der Waals surface area contributed by atoms with Gasteiger partial charge in [0.25, 0.3) is 0 Å². The highest BCUT2D eigenvalue weighted by atomic mass is 16.5. The molecule has 12 heavy (non-hydrogen) atoms. The summed E-state index contributed by atoms with van der Waals surface area (Å²) in [6, 6.07) is 0. The average Bonchev–Trinajstić information content (AvgIpc) is 2.09. The Balaban J connectivity index is 3.08. The van der Waals surface area contributed by atoms with Crippen molar-refractivity contribution in [3.05, 3.63) is 0 Å². The summed E-state index contributed by atoms with van der Waals surface area (Å²) in [5.41, 5.74) is 0. The highest BCUT2D eigenvalue weighted by Gasteiger charge is 2.00. The van der Waals surface area contributed by atoms with E-state index in [2.05, 4.69) is 0 Å². The summed E-state index contributed by atoms with van der Waals surface area (Å²) in [7, 11) is 0. The Morgan fingerprint density at radius 3 is 2.67 bits per heavy atom. The van der Waals surface area contributed by atoms with Crippen LogP contribution < -0.4 is 0 Å². The van der Waals surface area contributed by atoms with Crippen molar-refractivity contribution >= 4 is 5.97 Å². The SMILES string of the molecule is CCCCC(=O)OCCCCO. The number of carbonyl (C=O) groups is 1. The van der Waals surface area contributed by atoms with E-state index in [9.17, 15) is 4.79 Å². The van der Waals surface area contributed by atoms with Crippen molar-refractivity contribution in [3.8, 4) is 0 Å². The lowest BCUT2D eigenvalue weighted by Gasteiger charge is -2.02. The number of aliphatic hydroxyl groups is 1. The monoisotopic (exact) mass is 174 g/mol. The van der Waals surface area contributed by atoms with Gasteiger partial charge in [0.05, 0.1) is 6.61 Å². The summed E-state index contributed by atoms with van der Waals surface area (Å²) in [5, 5.41) is 8.43. The Kier molecular flexibility index (Phi) is 8.12. The van der Waals surface area contributed by atoms with Crippen LogP contribution in [0.15, 0.2) is 0 Å². The molecule has 0 radical (unpaired) electrons. The molecule has 0 aromatic heterocycles. The molecule has 72 valence electrons. The number of ether oxygens (including phenoxy) is 1. The molecule has 0 bridgehead atoms. The summed E-state index contributed by atoms with van der Waals surface area (Å²) < 4.78 is 4.90. The lowest BCUT2D eigenvalue weighted by atomic mass is 10.2. The van der Waals surface area contributed by atoms with E-state index in [0.717, 1.165) is 19.3 Å². The molecule has 0 amide bonds. The highest BCUT2D eigenvalue weighted by Crippen LogP contribution is 1.97. The molecule has 0 fully saturated rings. The standard InChI is InChI=1S/C9H18O3/c1-2-3-6-9(11)12-8-5-4-7-10/h10H,2-8H2,1H3. The molecule has 0 saturated heterocycles. The third-order valence-corrected chi connectivity index (χ3v) is 1.55. The quantitative estimate of drug-likeness (QED) is 0.470. The van der Waals surface area contributed by atoms with Crippen LogP contribution in [-0.4, -0.2) is 24.3 Å². The van der Waals surface area contributed by atoms with Crippen LogP contribution in [0.3, 0.4) is 0 Å². The Bertz CT molecular complexity index is 112. The van der Waals surface area contributed by atoms with Crippen LogP contribution in [0.1, 0.15) is 39.0 Å². The maximum atomic E-state index is 10.9. The van der Waals surface area contributed by atoms with Gasteiger partial charge in [-0.2, -0.15) is 0 Å². The zero-order valence-electron chi connectivity index (χ0n) is 7.71. The van der Waals surface area contributed by atoms with E-state index >= 15 is 0 Å². The van der Waals surface area contributed by atoms with Crippen molar-refractivity contribution in [2.24, 2.45) is 0 Å². The summed E-state index contributed by atoms with van der Waals surface area (Å²) >= 11 is 0. The predicted molar refractivity (Wildman–Crippen MR) is 46.8 cm³/mol. The lowest BCUT2D eigenvalue weighted by Crippen LogP contribution is -2.05. The van der Waals surface area contributed by atoms with Crippen molar-refractivity contribution in [1.29, 1.82) is 0 Å². The van der Waals surface area contributed by atoms with E-state index in [4.69, 9.17) is 9.84 Å². The molecule has 1 N–H and O–H groups in total. The van der Waals surface area contributed by atoms with Gasteiger partial charge in [0, 0.05) is 13.0 Å². The second-order valence-corrected chi connectivity index (χ2v) is 2.75. The van der Waals surface area contributed by atoms with E-state index in [0.29, 0.717) is 19.4 Å². The molecular formula is C9H18O3. The molecule has 3 heteroatoms. The second-order valence-electron chi connectivity index (χ2n) is 2.75. The van der Waals surface area contributed by atoms with Crippen molar-refractivity contribution in [1.82, 2.24) is 0 Å². The molecule has 0 rings (SSSR count). The summed E-state index contributed by atoms with van der Waals surface area (Å²) in [6.07, 6.45) is 3.91. The highest BCUT2D eigenvalue weighted by molar-refractivity contribution is 5.69. The van der Waals surface area contributed by atoms with Gasteiger partial charge in [0.15, 0.2) is 0 Å². The number of carbonyl (C=O) groups excluding carboxylic acids is 1. The van der Waals surface area contributed by atoms with Crippen molar-refractivity contribution in [3.63, 3.8) is 0 Å². The largest absolute Gasteiger partial charge is 0.466 e. The minimum Gasteiger partial charge on any atom is -0.466 e. The van der Waals surface area contributed by atoms with Crippen LogP contribution in [-0.2, 0) is 9.53 Å². The summed E-state index contributed by atoms with van der Waals surface area (Å²) in [5.74, 6) is -0.116. The van der Waals surface area contributed by atoms with Crippen molar-refractivity contribution < 1.29 is 14.6 Å². The van der Waals surface area contributed by atoms with E-state index in [-0.39, 0.29) is 12.6 Å². The molecule has 0 atom stereocenters. The third kappa shape index (κ3) is 7.54. The topological polar surface area (TPSA) is 46.5 Å². The van der Waals surface area contributed by atoms with Crippen molar-refractivity contribution in [2.75, 3.05) is 13.2 Å². The Morgan fingerprint density at radius 1 is 1.33 bits per heavy atom. The first kappa shape index (κ1) is 11.4. The summed E-state index contributed by atoms with van der Waals surface area (Å²) in [6.45, 7) is 2.66. The zero-order chi connectivity index (χ0) is 9.23. The molecule has 0 saturated carbocycles.